The summed E-state index contributed by atoms with van der Waals surface area (Å²) >= 11 is 0. The van der Waals surface area contributed by atoms with Gasteiger partial charge in [0.15, 0.2) is 0 Å². The van der Waals surface area contributed by atoms with Crippen molar-refractivity contribution in [3.8, 4) is 0 Å². The largest absolute Gasteiger partial charge is 0.374 e. The fourth-order valence-corrected chi connectivity index (χ4v) is 3.72. The van der Waals surface area contributed by atoms with Crippen molar-refractivity contribution in [3.63, 3.8) is 0 Å². The minimum absolute atomic E-state index is 0.105. The lowest BCUT2D eigenvalue weighted by Gasteiger charge is -2.35. The SMILES string of the molecule is CCCNC(CCC1CCCC1)C1(C)CCCO1. The predicted octanol–water partition coefficient (Wildman–Crippen LogP) is 3.89. The van der Waals surface area contributed by atoms with E-state index < -0.39 is 0 Å². The zero-order chi connectivity index (χ0) is 12.8. The minimum Gasteiger partial charge on any atom is -0.374 e. The quantitative estimate of drug-likeness (QED) is 0.743. The van der Waals surface area contributed by atoms with Gasteiger partial charge < -0.3 is 10.1 Å². The number of hydrogen-bond acceptors (Lipinski definition) is 2. The van der Waals surface area contributed by atoms with Gasteiger partial charge in [-0.25, -0.2) is 0 Å². The van der Waals surface area contributed by atoms with Gasteiger partial charge in [-0.15, -0.1) is 0 Å². The first-order valence-electron chi connectivity index (χ1n) is 8.12. The number of hydrogen-bond donors (Lipinski definition) is 1. The molecular weight excluding hydrogens is 222 g/mol. The molecule has 1 saturated carbocycles. The van der Waals surface area contributed by atoms with Gasteiger partial charge in [-0.1, -0.05) is 32.6 Å². The van der Waals surface area contributed by atoms with Crippen LogP contribution >= 0.6 is 0 Å². The first kappa shape index (κ1) is 14.3. The van der Waals surface area contributed by atoms with Crippen LogP contribution in [-0.4, -0.2) is 24.8 Å². The van der Waals surface area contributed by atoms with Crippen LogP contribution in [0.3, 0.4) is 0 Å². The summed E-state index contributed by atoms with van der Waals surface area (Å²) in [5.74, 6) is 1.00. The molecule has 0 bridgehead atoms. The zero-order valence-electron chi connectivity index (χ0n) is 12.3. The summed E-state index contributed by atoms with van der Waals surface area (Å²) in [7, 11) is 0. The van der Waals surface area contributed by atoms with Gasteiger partial charge in [0.25, 0.3) is 0 Å². The molecule has 1 heterocycles. The minimum atomic E-state index is 0.105. The van der Waals surface area contributed by atoms with Crippen molar-refractivity contribution < 1.29 is 4.74 Å². The normalized spacial score (nSPS) is 31.0. The summed E-state index contributed by atoms with van der Waals surface area (Å²) in [4.78, 5) is 0. The smallest absolute Gasteiger partial charge is 0.0807 e. The van der Waals surface area contributed by atoms with Crippen LogP contribution in [0.5, 0.6) is 0 Å². The van der Waals surface area contributed by atoms with Gasteiger partial charge >= 0.3 is 0 Å². The van der Waals surface area contributed by atoms with Crippen LogP contribution in [0.1, 0.15) is 71.6 Å². The van der Waals surface area contributed by atoms with Crippen molar-refractivity contribution in [3.05, 3.63) is 0 Å². The van der Waals surface area contributed by atoms with E-state index in [2.05, 4.69) is 19.2 Å². The molecule has 0 radical (unpaired) electrons. The molecule has 2 unspecified atom stereocenters. The monoisotopic (exact) mass is 253 g/mol. The summed E-state index contributed by atoms with van der Waals surface area (Å²) in [6.45, 7) is 6.67. The van der Waals surface area contributed by atoms with Gasteiger partial charge in [0.1, 0.15) is 0 Å². The average Bonchev–Trinajstić information content (AvgIpc) is 3.01. The van der Waals surface area contributed by atoms with E-state index in [4.69, 9.17) is 4.74 Å². The Labute approximate surface area is 113 Å². The van der Waals surface area contributed by atoms with Gasteiger partial charge in [-0.2, -0.15) is 0 Å². The van der Waals surface area contributed by atoms with E-state index >= 15 is 0 Å². The molecule has 1 aliphatic carbocycles. The van der Waals surface area contributed by atoms with E-state index in [1.165, 1.54) is 57.8 Å². The van der Waals surface area contributed by atoms with E-state index in [1.807, 2.05) is 0 Å². The summed E-state index contributed by atoms with van der Waals surface area (Å²) in [5, 5.41) is 3.75. The lowest BCUT2D eigenvalue weighted by molar-refractivity contribution is -0.0152. The second-order valence-electron chi connectivity index (χ2n) is 6.50. The Morgan fingerprint density at radius 2 is 2.06 bits per heavy atom. The fraction of sp³-hybridized carbons (Fsp3) is 1.00. The van der Waals surface area contributed by atoms with Crippen LogP contribution in [0.4, 0.5) is 0 Å². The molecule has 2 fully saturated rings. The molecule has 2 rings (SSSR count). The Morgan fingerprint density at radius 1 is 1.28 bits per heavy atom. The molecule has 0 aromatic rings. The van der Waals surface area contributed by atoms with Gasteiger partial charge in [-0.3, -0.25) is 0 Å². The van der Waals surface area contributed by atoms with Crippen LogP contribution in [0.25, 0.3) is 0 Å². The molecule has 1 N–H and O–H groups in total. The van der Waals surface area contributed by atoms with E-state index in [9.17, 15) is 0 Å². The molecule has 0 aromatic carbocycles. The van der Waals surface area contributed by atoms with Crippen molar-refractivity contribution in [1.82, 2.24) is 5.32 Å². The first-order valence-corrected chi connectivity index (χ1v) is 8.12. The highest BCUT2D eigenvalue weighted by Gasteiger charge is 2.38. The van der Waals surface area contributed by atoms with Crippen molar-refractivity contribution in [2.45, 2.75) is 83.3 Å². The molecule has 2 heteroatoms. The molecule has 2 aliphatic rings. The number of nitrogens with one attached hydrogen (secondary N) is 1. The van der Waals surface area contributed by atoms with Crippen molar-refractivity contribution in [1.29, 1.82) is 0 Å². The highest BCUT2D eigenvalue weighted by molar-refractivity contribution is 4.93. The molecule has 0 amide bonds. The molecule has 2 atom stereocenters. The van der Waals surface area contributed by atoms with Crippen LogP contribution < -0.4 is 5.32 Å². The maximum absolute atomic E-state index is 6.05. The van der Waals surface area contributed by atoms with Gasteiger partial charge in [0.05, 0.1) is 5.60 Å². The van der Waals surface area contributed by atoms with Crippen molar-refractivity contribution in [2.24, 2.45) is 5.92 Å². The maximum Gasteiger partial charge on any atom is 0.0807 e. The van der Waals surface area contributed by atoms with E-state index in [0.717, 1.165) is 19.1 Å². The Hall–Kier alpha value is -0.0800. The molecule has 1 aliphatic heterocycles. The second kappa shape index (κ2) is 6.91. The topological polar surface area (TPSA) is 21.3 Å². The summed E-state index contributed by atoms with van der Waals surface area (Å²) < 4.78 is 6.05. The summed E-state index contributed by atoms with van der Waals surface area (Å²) in [6.07, 6.45) is 12.3. The Balaban J connectivity index is 1.83. The molecule has 1 saturated heterocycles. The number of rotatable bonds is 7. The van der Waals surface area contributed by atoms with E-state index in [-0.39, 0.29) is 5.60 Å². The lowest BCUT2D eigenvalue weighted by atomic mass is 9.87. The van der Waals surface area contributed by atoms with Gasteiger partial charge in [0.2, 0.25) is 0 Å². The molecule has 18 heavy (non-hydrogen) atoms. The van der Waals surface area contributed by atoms with Crippen LogP contribution in [-0.2, 0) is 4.74 Å². The van der Waals surface area contributed by atoms with E-state index in [1.54, 1.807) is 0 Å². The van der Waals surface area contributed by atoms with Crippen molar-refractivity contribution in [2.75, 3.05) is 13.2 Å². The predicted molar refractivity (Wildman–Crippen MR) is 76.9 cm³/mol. The third kappa shape index (κ3) is 3.71. The maximum atomic E-state index is 6.05. The summed E-state index contributed by atoms with van der Waals surface area (Å²) in [6, 6.07) is 0.570. The average molecular weight is 253 g/mol. The third-order valence-corrected chi connectivity index (χ3v) is 4.97. The Kier molecular flexibility index (Phi) is 5.50. The van der Waals surface area contributed by atoms with Gasteiger partial charge in [-0.05, 0) is 51.5 Å². The standard InChI is InChI=1S/C16H31NO/c1-3-12-17-15(16(2)11-6-13-18-16)10-9-14-7-4-5-8-14/h14-15,17H,3-13H2,1-2H3. The lowest BCUT2D eigenvalue weighted by Crippen LogP contribution is -2.48. The van der Waals surface area contributed by atoms with Crippen LogP contribution in [0.15, 0.2) is 0 Å². The number of ether oxygens (including phenoxy) is 1. The molecule has 0 aromatic heterocycles. The second-order valence-corrected chi connectivity index (χ2v) is 6.50. The molecular formula is C16H31NO. The third-order valence-electron chi connectivity index (χ3n) is 4.97. The molecule has 106 valence electrons. The van der Waals surface area contributed by atoms with Crippen LogP contribution in [0.2, 0.25) is 0 Å². The molecule has 2 nitrogen and oxygen atoms in total. The Morgan fingerprint density at radius 3 is 2.67 bits per heavy atom. The van der Waals surface area contributed by atoms with E-state index in [0.29, 0.717) is 6.04 Å². The zero-order valence-corrected chi connectivity index (χ0v) is 12.3. The van der Waals surface area contributed by atoms with Crippen LogP contribution in [0, 0.1) is 5.92 Å². The fourth-order valence-electron chi connectivity index (χ4n) is 3.72. The molecule has 0 spiro atoms. The van der Waals surface area contributed by atoms with Crippen molar-refractivity contribution >= 4 is 0 Å². The highest BCUT2D eigenvalue weighted by Crippen LogP contribution is 2.34. The van der Waals surface area contributed by atoms with Gasteiger partial charge in [0, 0.05) is 12.6 Å². The summed E-state index contributed by atoms with van der Waals surface area (Å²) in [5.41, 5.74) is 0.105. The first-order chi connectivity index (χ1) is 8.74. The highest BCUT2D eigenvalue weighted by atomic mass is 16.5. The Bertz CT molecular complexity index is 229.